The molecule has 1 aliphatic carbocycles. The van der Waals surface area contributed by atoms with E-state index in [1.165, 1.54) is 17.5 Å². The molecule has 1 fully saturated rings. The molecule has 0 radical (unpaired) electrons. The van der Waals surface area contributed by atoms with Crippen molar-refractivity contribution >= 4 is 11.0 Å². The fourth-order valence-corrected chi connectivity index (χ4v) is 3.05. The van der Waals surface area contributed by atoms with Gasteiger partial charge in [0.2, 0.25) is 0 Å². The van der Waals surface area contributed by atoms with Gasteiger partial charge in [0.05, 0.1) is 0 Å². The van der Waals surface area contributed by atoms with E-state index in [0.717, 1.165) is 23.3 Å². The zero-order chi connectivity index (χ0) is 13.5. The third kappa shape index (κ3) is 1.84. The summed E-state index contributed by atoms with van der Waals surface area (Å²) in [6.07, 6.45) is 1.20. The molecular weight excluding hydrogens is 246 g/mol. The molecule has 1 aliphatic rings. The molecule has 1 saturated carbocycles. The molecule has 0 aliphatic heterocycles. The van der Waals surface area contributed by atoms with E-state index in [1.54, 1.807) is 0 Å². The molecule has 2 heteroatoms. The standard InChI is InChI=1S/C18H17NO/c19-11-13-9-16(13)14-6-2-3-7-15(14)18-10-12-5-1-4-8-17(12)20-18/h1-8,10,13,16H,9,11,19H2/t13-,16+/m0/s1. The summed E-state index contributed by atoms with van der Waals surface area (Å²) in [7, 11) is 0. The molecule has 100 valence electrons. The van der Waals surface area contributed by atoms with Crippen LogP contribution in [0.4, 0.5) is 0 Å². The van der Waals surface area contributed by atoms with Crippen molar-refractivity contribution in [2.75, 3.05) is 6.54 Å². The Labute approximate surface area is 118 Å². The van der Waals surface area contributed by atoms with Gasteiger partial charge in [-0.25, -0.2) is 0 Å². The largest absolute Gasteiger partial charge is 0.456 e. The monoisotopic (exact) mass is 263 g/mol. The quantitative estimate of drug-likeness (QED) is 0.770. The van der Waals surface area contributed by atoms with Crippen LogP contribution < -0.4 is 5.73 Å². The summed E-state index contributed by atoms with van der Waals surface area (Å²) in [5.41, 5.74) is 9.33. The van der Waals surface area contributed by atoms with Crippen molar-refractivity contribution < 1.29 is 4.42 Å². The van der Waals surface area contributed by atoms with Crippen LogP contribution in [0.1, 0.15) is 17.9 Å². The summed E-state index contributed by atoms with van der Waals surface area (Å²) < 4.78 is 6.01. The van der Waals surface area contributed by atoms with Crippen molar-refractivity contribution in [3.05, 3.63) is 60.2 Å². The molecule has 3 aromatic rings. The van der Waals surface area contributed by atoms with Crippen molar-refractivity contribution in [1.82, 2.24) is 0 Å². The highest BCUT2D eigenvalue weighted by atomic mass is 16.3. The summed E-state index contributed by atoms with van der Waals surface area (Å²) >= 11 is 0. The van der Waals surface area contributed by atoms with E-state index in [1.807, 2.05) is 18.2 Å². The Kier molecular flexibility index (Phi) is 2.64. The minimum absolute atomic E-state index is 0.601. The zero-order valence-corrected chi connectivity index (χ0v) is 11.3. The van der Waals surface area contributed by atoms with Crippen LogP contribution in [-0.2, 0) is 0 Å². The predicted octanol–water partition coefficient (Wildman–Crippen LogP) is 4.16. The van der Waals surface area contributed by atoms with Crippen molar-refractivity contribution in [1.29, 1.82) is 0 Å². The number of nitrogens with two attached hydrogens (primary N) is 1. The van der Waals surface area contributed by atoms with Gasteiger partial charge in [-0.1, -0.05) is 42.5 Å². The Morgan fingerprint density at radius 3 is 2.65 bits per heavy atom. The Morgan fingerprint density at radius 1 is 1.05 bits per heavy atom. The average Bonchev–Trinajstić information content (AvgIpc) is 3.16. The summed E-state index contributed by atoms with van der Waals surface area (Å²) in [6, 6.07) is 18.8. The minimum Gasteiger partial charge on any atom is -0.456 e. The molecule has 0 bridgehead atoms. The van der Waals surface area contributed by atoms with Crippen LogP contribution in [0, 0.1) is 5.92 Å². The molecule has 20 heavy (non-hydrogen) atoms. The minimum atomic E-state index is 0.601. The molecule has 2 aromatic carbocycles. The van der Waals surface area contributed by atoms with Gasteiger partial charge in [-0.05, 0) is 42.5 Å². The lowest BCUT2D eigenvalue weighted by Crippen LogP contribution is -2.02. The van der Waals surface area contributed by atoms with E-state index >= 15 is 0 Å². The van der Waals surface area contributed by atoms with Crippen molar-refractivity contribution in [2.24, 2.45) is 11.7 Å². The topological polar surface area (TPSA) is 39.2 Å². The van der Waals surface area contributed by atoms with Gasteiger partial charge in [0.1, 0.15) is 11.3 Å². The molecule has 0 amide bonds. The maximum absolute atomic E-state index is 6.01. The molecule has 0 unspecified atom stereocenters. The first-order chi connectivity index (χ1) is 9.86. The Morgan fingerprint density at radius 2 is 1.85 bits per heavy atom. The maximum Gasteiger partial charge on any atom is 0.135 e. The Hall–Kier alpha value is -2.06. The highest BCUT2D eigenvalue weighted by Crippen LogP contribution is 2.49. The van der Waals surface area contributed by atoms with Gasteiger partial charge in [-0.3, -0.25) is 0 Å². The first-order valence-corrected chi connectivity index (χ1v) is 7.15. The highest BCUT2D eigenvalue weighted by Gasteiger charge is 2.38. The number of furan rings is 1. The predicted molar refractivity (Wildman–Crippen MR) is 81.6 cm³/mol. The van der Waals surface area contributed by atoms with Crippen LogP contribution in [0.3, 0.4) is 0 Å². The number of para-hydroxylation sites is 1. The van der Waals surface area contributed by atoms with Crippen LogP contribution in [0.5, 0.6) is 0 Å². The van der Waals surface area contributed by atoms with E-state index in [2.05, 4.69) is 36.4 Å². The van der Waals surface area contributed by atoms with Gasteiger partial charge in [-0.15, -0.1) is 0 Å². The second-order valence-electron chi connectivity index (χ2n) is 5.57. The molecule has 1 aromatic heterocycles. The number of benzene rings is 2. The van der Waals surface area contributed by atoms with E-state index in [4.69, 9.17) is 10.2 Å². The molecular formula is C18H17NO. The van der Waals surface area contributed by atoms with Crippen LogP contribution >= 0.6 is 0 Å². The summed E-state index contributed by atoms with van der Waals surface area (Å²) in [6.45, 7) is 0.777. The average molecular weight is 263 g/mol. The fourth-order valence-electron chi connectivity index (χ4n) is 3.05. The molecule has 2 atom stereocenters. The van der Waals surface area contributed by atoms with E-state index in [9.17, 15) is 0 Å². The van der Waals surface area contributed by atoms with Gasteiger partial charge < -0.3 is 10.2 Å². The fraction of sp³-hybridized carbons (Fsp3) is 0.222. The number of fused-ring (bicyclic) bond motifs is 1. The Bertz CT molecular complexity index is 726. The maximum atomic E-state index is 6.01. The number of hydrogen-bond donors (Lipinski definition) is 1. The highest BCUT2D eigenvalue weighted by molar-refractivity contribution is 5.83. The number of rotatable bonds is 3. The van der Waals surface area contributed by atoms with Gasteiger partial charge in [0, 0.05) is 10.9 Å². The second kappa shape index (κ2) is 4.50. The third-order valence-corrected chi connectivity index (χ3v) is 4.28. The second-order valence-corrected chi connectivity index (χ2v) is 5.57. The van der Waals surface area contributed by atoms with Crippen LogP contribution in [-0.4, -0.2) is 6.54 Å². The van der Waals surface area contributed by atoms with Gasteiger partial charge in [0.15, 0.2) is 0 Å². The summed E-state index contributed by atoms with van der Waals surface area (Å²) in [5.74, 6) is 2.20. The summed E-state index contributed by atoms with van der Waals surface area (Å²) in [4.78, 5) is 0. The smallest absolute Gasteiger partial charge is 0.135 e. The lowest BCUT2D eigenvalue weighted by atomic mass is 10.00. The van der Waals surface area contributed by atoms with Crippen LogP contribution in [0.25, 0.3) is 22.3 Å². The van der Waals surface area contributed by atoms with E-state index in [0.29, 0.717) is 11.8 Å². The van der Waals surface area contributed by atoms with Crippen LogP contribution in [0.15, 0.2) is 59.0 Å². The Balaban J connectivity index is 1.82. The number of hydrogen-bond acceptors (Lipinski definition) is 2. The first-order valence-electron chi connectivity index (χ1n) is 7.15. The van der Waals surface area contributed by atoms with Gasteiger partial charge >= 0.3 is 0 Å². The molecule has 0 spiro atoms. The summed E-state index contributed by atoms with van der Waals surface area (Å²) in [5, 5.41) is 1.16. The molecule has 2 nitrogen and oxygen atoms in total. The van der Waals surface area contributed by atoms with Gasteiger partial charge in [-0.2, -0.15) is 0 Å². The van der Waals surface area contributed by atoms with Gasteiger partial charge in [0.25, 0.3) is 0 Å². The molecule has 4 rings (SSSR count). The van der Waals surface area contributed by atoms with E-state index in [-0.39, 0.29) is 0 Å². The van der Waals surface area contributed by atoms with Crippen LogP contribution in [0.2, 0.25) is 0 Å². The normalized spacial score (nSPS) is 21.2. The van der Waals surface area contributed by atoms with E-state index < -0.39 is 0 Å². The first kappa shape index (κ1) is 11.7. The van der Waals surface area contributed by atoms with Crippen molar-refractivity contribution in [3.63, 3.8) is 0 Å². The lowest BCUT2D eigenvalue weighted by Gasteiger charge is -2.06. The molecule has 1 heterocycles. The molecule has 0 saturated heterocycles. The zero-order valence-electron chi connectivity index (χ0n) is 11.3. The van der Waals surface area contributed by atoms with Crippen molar-refractivity contribution in [2.45, 2.75) is 12.3 Å². The SMILES string of the molecule is NC[C@@H]1C[C@H]1c1ccccc1-c1cc2ccccc2o1. The molecule has 2 N–H and O–H groups in total. The van der Waals surface area contributed by atoms with Crippen molar-refractivity contribution in [3.8, 4) is 11.3 Å². The lowest BCUT2D eigenvalue weighted by molar-refractivity contribution is 0.630. The third-order valence-electron chi connectivity index (χ3n) is 4.28.